The van der Waals surface area contributed by atoms with Gasteiger partial charge in [0.1, 0.15) is 35.7 Å². The Kier molecular flexibility index (Phi) is 10.4. The van der Waals surface area contributed by atoms with Crippen molar-refractivity contribution in [3.8, 4) is 0 Å². The summed E-state index contributed by atoms with van der Waals surface area (Å²) in [6.45, 7) is 3.37. The number of nitrogens with zero attached hydrogens (tertiary/aromatic N) is 5. The minimum atomic E-state index is -1.75. The molecule has 2 N–H and O–H groups in total. The first kappa shape index (κ1) is 33.2. The van der Waals surface area contributed by atoms with E-state index in [4.69, 9.17) is 23.2 Å². The summed E-state index contributed by atoms with van der Waals surface area (Å²) in [5.74, 6) is -2.12. The normalized spacial score (nSPS) is 19.1. The Morgan fingerprint density at radius 2 is 1.91 bits per heavy atom. The summed E-state index contributed by atoms with van der Waals surface area (Å²) < 4.78 is 30.1. The van der Waals surface area contributed by atoms with E-state index in [1.165, 1.54) is 36.4 Å². The number of rotatable bonds is 11. The van der Waals surface area contributed by atoms with Gasteiger partial charge in [-0.3, -0.25) is 24.7 Å². The lowest BCUT2D eigenvalue weighted by atomic mass is 9.91. The molecule has 3 heterocycles. The Labute approximate surface area is 272 Å². The zero-order chi connectivity index (χ0) is 32.3. The highest BCUT2D eigenvalue weighted by molar-refractivity contribution is 8.18. The molecule has 10 nitrogen and oxygen atoms in total. The fraction of sp³-hybridized carbons (Fsp3) is 0.367. The monoisotopic (exact) mass is 678 g/mol. The zero-order valence-electron chi connectivity index (χ0n) is 24.2. The first-order valence-electron chi connectivity index (χ1n) is 14.1. The number of hydrogen-bond acceptors (Lipinski definition) is 9. The molecule has 2 aliphatic rings. The Hall–Kier alpha value is -3.20. The number of piperazine rings is 1. The molecule has 1 aromatic heterocycles. The first-order chi connectivity index (χ1) is 21.4. The average Bonchev–Trinajstić information content (AvgIpc) is 3.60. The lowest BCUT2D eigenvalue weighted by Crippen LogP contribution is -2.53. The maximum absolute atomic E-state index is 14.9. The van der Waals surface area contributed by atoms with Gasteiger partial charge in [0.25, 0.3) is 11.1 Å². The Bertz CT molecular complexity index is 1630. The molecule has 2 aromatic carbocycles. The molecular weight excluding hydrogens is 649 g/mol. The number of imide groups is 1. The van der Waals surface area contributed by atoms with Crippen LogP contribution in [-0.2, 0) is 21.7 Å². The summed E-state index contributed by atoms with van der Waals surface area (Å²) in [6, 6.07) is 6.08. The fourth-order valence-electron chi connectivity index (χ4n) is 5.69. The number of amides is 2. The number of carbonyl (C=O) groups excluding carboxylic acids is 3. The van der Waals surface area contributed by atoms with Crippen molar-refractivity contribution < 1.29 is 28.3 Å². The van der Waals surface area contributed by atoms with Gasteiger partial charge in [0.2, 0.25) is 0 Å². The van der Waals surface area contributed by atoms with E-state index in [2.05, 4.69) is 20.3 Å². The highest BCUT2D eigenvalue weighted by Gasteiger charge is 2.38. The van der Waals surface area contributed by atoms with Gasteiger partial charge in [-0.1, -0.05) is 35.3 Å². The van der Waals surface area contributed by atoms with Crippen molar-refractivity contribution in [3.63, 3.8) is 0 Å². The van der Waals surface area contributed by atoms with E-state index in [0.717, 1.165) is 23.9 Å². The van der Waals surface area contributed by atoms with E-state index < -0.39 is 28.4 Å². The molecule has 0 radical (unpaired) electrons. The first-order valence-corrected chi connectivity index (χ1v) is 15.7. The quantitative estimate of drug-likeness (QED) is 0.276. The number of halogens is 4. The van der Waals surface area contributed by atoms with E-state index in [9.17, 15) is 28.3 Å². The van der Waals surface area contributed by atoms with Crippen molar-refractivity contribution in [2.24, 2.45) is 0 Å². The molecule has 2 amide bonds. The van der Waals surface area contributed by atoms with Crippen LogP contribution in [0.25, 0.3) is 6.08 Å². The van der Waals surface area contributed by atoms with Gasteiger partial charge in [0.15, 0.2) is 0 Å². The van der Waals surface area contributed by atoms with Gasteiger partial charge in [0, 0.05) is 67.4 Å². The number of hydrogen-bond donors (Lipinski definition) is 2. The van der Waals surface area contributed by atoms with Crippen molar-refractivity contribution >= 4 is 58.0 Å². The molecule has 3 aromatic rings. The largest absolute Gasteiger partial charge is 0.382 e. The average molecular weight is 680 g/mol. The molecule has 0 bridgehead atoms. The lowest BCUT2D eigenvalue weighted by Gasteiger charge is -2.42. The van der Waals surface area contributed by atoms with Crippen molar-refractivity contribution in [1.82, 2.24) is 29.9 Å². The smallest absolute Gasteiger partial charge is 0.290 e. The van der Waals surface area contributed by atoms with Gasteiger partial charge in [-0.25, -0.2) is 18.4 Å². The molecule has 5 rings (SSSR count). The Balaban J connectivity index is 1.38. The number of benzene rings is 2. The second-order valence-corrected chi connectivity index (χ2v) is 12.8. The number of Topliss-reactive ketones (excluding diaryl/α,β-unsaturated/α-hetero) is 1. The standard InChI is InChI=1S/C30H30Cl2F2N6O4S/c1-18(41)2-7-24(26-22(31)6-3-19(27(26)32)12-25-28(42)37-29(43)45-25)39-10-8-38(9-11-39)14-30(44,15-40-17-35-16-36-40)21-5-4-20(33)13-23(21)34/h3-6,12-13,16-17,24,44H,2,7-11,14-15H2,1H3,(H,37,42,43)/b25-12-. The number of aliphatic hydroxyl groups is 1. The second-order valence-electron chi connectivity index (χ2n) is 11.0. The van der Waals surface area contributed by atoms with Gasteiger partial charge in [-0.15, -0.1) is 0 Å². The summed E-state index contributed by atoms with van der Waals surface area (Å²) in [5, 5.41) is 18.3. The lowest BCUT2D eigenvalue weighted by molar-refractivity contribution is -0.117. The third-order valence-electron chi connectivity index (χ3n) is 7.84. The van der Waals surface area contributed by atoms with Crippen molar-refractivity contribution in [2.75, 3.05) is 32.7 Å². The number of β-amino-alcohol motifs (C(OH)–C–C–N with tert-alkyl or cyclic N) is 1. The molecule has 2 saturated heterocycles. The zero-order valence-corrected chi connectivity index (χ0v) is 26.5. The van der Waals surface area contributed by atoms with Gasteiger partial charge in [-0.2, -0.15) is 5.10 Å². The Morgan fingerprint density at radius 3 is 2.53 bits per heavy atom. The maximum atomic E-state index is 14.9. The van der Waals surface area contributed by atoms with E-state index >= 15 is 0 Å². The van der Waals surface area contributed by atoms with Crippen LogP contribution in [0.4, 0.5) is 13.6 Å². The number of aromatic nitrogens is 3. The van der Waals surface area contributed by atoms with Crippen LogP contribution in [0.1, 0.15) is 42.5 Å². The molecular formula is C30H30Cl2F2N6O4S. The predicted molar refractivity (Wildman–Crippen MR) is 167 cm³/mol. The third-order valence-corrected chi connectivity index (χ3v) is 9.41. The Morgan fingerprint density at radius 1 is 1.16 bits per heavy atom. The number of ketones is 1. The minimum Gasteiger partial charge on any atom is -0.382 e. The SMILES string of the molecule is CC(=O)CCC(c1c(Cl)ccc(/C=C2\SC(=O)NC2=O)c1Cl)N1CCN(CC(O)(Cn2cncn2)c2ccc(F)cc2F)CC1. The van der Waals surface area contributed by atoms with Crippen LogP contribution in [0.5, 0.6) is 0 Å². The number of carbonyl (C=O) groups is 3. The number of nitrogens with one attached hydrogen (secondary N) is 1. The number of thioether (sulfide) groups is 1. The van der Waals surface area contributed by atoms with Crippen LogP contribution >= 0.6 is 35.0 Å². The summed E-state index contributed by atoms with van der Waals surface area (Å²) in [7, 11) is 0. The van der Waals surface area contributed by atoms with Gasteiger partial charge < -0.3 is 9.90 Å². The molecule has 0 saturated carbocycles. The highest BCUT2D eigenvalue weighted by atomic mass is 35.5. The van der Waals surface area contributed by atoms with Crippen molar-refractivity contribution in [1.29, 1.82) is 0 Å². The summed E-state index contributed by atoms with van der Waals surface area (Å²) >= 11 is 14.4. The summed E-state index contributed by atoms with van der Waals surface area (Å²) in [6.07, 6.45) is 4.97. The summed E-state index contributed by atoms with van der Waals surface area (Å²) in [4.78, 5) is 44.1. The molecule has 2 fully saturated rings. The molecule has 45 heavy (non-hydrogen) atoms. The van der Waals surface area contributed by atoms with E-state index in [0.29, 0.717) is 53.8 Å². The van der Waals surface area contributed by atoms with Crippen LogP contribution in [0.15, 0.2) is 47.9 Å². The molecule has 15 heteroatoms. The van der Waals surface area contributed by atoms with E-state index in [1.807, 2.05) is 4.90 Å². The summed E-state index contributed by atoms with van der Waals surface area (Å²) in [5.41, 5.74) is -0.689. The second kappa shape index (κ2) is 14.1. The molecule has 2 aliphatic heterocycles. The molecule has 238 valence electrons. The predicted octanol–water partition coefficient (Wildman–Crippen LogP) is 4.80. The van der Waals surface area contributed by atoms with Crippen LogP contribution in [0, 0.1) is 11.6 Å². The van der Waals surface area contributed by atoms with Crippen LogP contribution in [0.3, 0.4) is 0 Å². The molecule has 0 aliphatic carbocycles. The van der Waals surface area contributed by atoms with E-state index in [-0.39, 0.29) is 41.8 Å². The van der Waals surface area contributed by atoms with Gasteiger partial charge >= 0.3 is 0 Å². The van der Waals surface area contributed by atoms with Crippen molar-refractivity contribution in [2.45, 2.75) is 38.0 Å². The fourth-order valence-corrected chi connectivity index (χ4v) is 7.04. The van der Waals surface area contributed by atoms with Crippen LogP contribution < -0.4 is 5.32 Å². The molecule has 2 atom stereocenters. The van der Waals surface area contributed by atoms with Gasteiger partial charge in [0.05, 0.1) is 16.5 Å². The highest BCUT2D eigenvalue weighted by Crippen LogP contribution is 2.40. The molecule has 2 unspecified atom stereocenters. The minimum absolute atomic E-state index is 0.00110. The van der Waals surface area contributed by atoms with Crippen LogP contribution in [-0.4, -0.2) is 79.3 Å². The maximum Gasteiger partial charge on any atom is 0.290 e. The topological polar surface area (TPSA) is 121 Å². The van der Waals surface area contributed by atoms with Crippen LogP contribution in [0.2, 0.25) is 10.0 Å². The van der Waals surface area contributed by atoms with Gasteiger partial charge in [-0.05, 0) is 48.9 Å². The van der Waals surface area contributed by atoms with E-state index in [1.54, 1.807) is 12.1 Å². The third kappa shape index (κ3) is 7.79. The van der Waals surface area contributed by atoms with Crippen molar-refractivity contribution in [3.05, 3.63) is 86.3 Å². The molecule has 0 spiro atoms.